The summed E-state index contributed by atoms with van der Waals surface area (Å²) in [6, 6.07) is 8.96. The molecule has 0 fully saturated rings. The number of rotatable bonds is 4. The molecule has 0 aliphatic carbocycles. The number of hydrogen-bond donors (Lipinski definition) is 2. The zero-order valence-electron chi connectivity index (χ0n) is 10.4. The molecule has 0 aromatic heterocycles. The number of nitrogen functional groups attached to an aromatic ring is 1. The average Bonchev–Trinajstić information content (AvgIpc) is 2.36. The number of amides is 1. The Morgan fingerprint density at radius 3 is 2.65 bits per heavy atom. The third-order valence-corrected chi connectivity index (χ3v) is 3.08. The van der Waals surface area contributed by atoms with Gasteiger partial charge in [-0.3, -0.25) is 4.79 Å². The van der Waals surface area contributed by atoms with Gasteiger partial charge in [-0.25, -0.2) is 4.39 Å². The van der Waals surface area contributed by atoms with E-state index in [1.54, 1.807) is 18.2 Å². The molecule has 104 valence electrons. The molecule has 2 aromatic carbocycles. The lowest BCUT2D eigenvalue weighted by Crippen LogP contribution is -2.12. The third-order valence-electron chi connectivity index (χ3n) is 2.62. The van der Waals surface area contributed by atoms with Gasteiger partial charge in [0, 0.05) is 27.4 Å². The van der Waals surface area contributed by atoms with E-state index in [-0.39, 0.29) is 17.7 Å². The number of carbonyl (C=O) groups is 1. The second-order valence-corrected chi connectivity index (χ2v) is 5.10. The summed E-state index contributed by atoms with van der Waals surface area (Å²) < 4.78 is 19.9. The standard InChI is InChI=1S/C14H12BrFN2O2/c15-10-4-11(17)6-12(5-10)20-7-9-3-8(14(18)19)1-2-13(9)16/h1-6H,7,17H2,(H2,18,19). The summed E-state index contributed by atoms with van der Waals surface area (Å²) in [4.78, 5) is 11.1. The van der Waals surface area contributed by atoms with Crippen LogP contribution in [0.15, 0.2) is 40.9 Å². The molecule has 0 unspecified atom stereocenters. The molecule has 0 bridgehead atoms. The van der Waals surface area contributed by atoms with E-state index >= 15 is 0 Å². The minimum atomic E-state index is -0.613. The largest absolute Gasteiger partial charge is 0.489 e. The van der Waals surface area contributed by atoms with Crippen LogP contribution in [0.5, 0.6) is 5.75 Å². The maximum atomic E-state index is 13.6. The molecule has 0 saturated heterocycles. The van der Waals surface area contributed by atoms with Crippen LogP contribution in [0, 0.1) is 5.82 Å². The predicted molar refractivity (Wildman–Crippen MR) is 77.8 cm³/mol. The van der Waals surface area contributed by atoms with Gasteiger partial charge in [-0.15, -0.1) is 0 Å². The number of benzene rings is 2. The van der Waals surface area contributed by atoms with Crippen molar-refractivity contribution >= 4 is 27.5 Å². The van der Waals surface area contributed by atoms with E-state index in [1.807, 2.05) is 0 Å². The first kappa shape index (κ1) is 14.3. The van der Waals surface area contributed by atoms with Gasteiger partial charge < -0.3 is 16.2 Å². The predicted octanol–water partition coefficient (Wildman–Crippen LogP) is 2.85. The first-order valence-electron chi connectivity index (χ1n) is 5.73. The molecule has 2 rings (SSSR count). The number of primary amides is 1. The van der Waals surface area contributed by atoms with Crippen LogP contribution in [-0.4, -0.2) is 5.91 Å². The van der Waals surface area contributed by atoms with E-state index in [4.69, 9.17) is 16.2 Å². The zero-order valence-corrected chi connectivity index (χ0v) is 12.0. The molecular formula is C14H12BrFN2O2. The van der Waals surface area contributed by atoms with E-state index in [9.17, 15) is 9.18 Å². The molecule has 0 heterocycles. The molecular weight excluding hydrogens is 327 g/mol. The summed E-state index contributed by atoms with van der Waals surface area (Å²) in [7, 11) is 0. The summed E-state index contributed by atoms with van der Waals surface area (Å²) in [6.45, 7) is -0.0250. The Balaban J connectivity index is 2.18. The van der Waals surface area contributed by atoms with Crippen molar-refractivity contribution in [2.24, 2.45) is 5.73 Å². The van der Waals surface area contributed by atoms with Crippen molar-refractivity contribution in [3.05, 3.63) is 57.8 Å². The number of carbonyl (C=O) groups excluding carboxylic acids is 1. The van der Waals surface area contributed by atoms with Crippen LogP contribution in [0.2, 0.25) is 0 Å². The molecule has 1 amide bonds. The Morgan fingerprint density at radius 1 is 1.25 bits per heavy atom. The first-order valence-corrected chi connectivity index (χ1v) is 6.52. The summed E-state index contributed by atoms with van der Waals surface area (Å²) in [5.41, 5.74) is 11.8. The summed E-state index contributed by atoms with van der Waals surface area (Å²) in [5, 5.41) is 0. The summed E-state index contributed by atoms with van der Waals surface area (Å²) in [5.74, 6) is -0.573. The van der Waals surface area contributed by atoms with Gasteiger partial charge in [-0.1, -0.05) is 15.9 Å². The quantitative estimate of drug-likeness (QED) is 0.841. The minimum absolute atomic E-state index is 0.0250. The van der Waals surface area contributed by atoms with Crippen molar-refractivity contribution in [3.63, 3.8) is 0 Å². The van der Waals surface area contributed by atoms with Gasteiger partial charge in [0.2, 0.25) is 5.91 Å². The number of ether oxygens (including phenoxy) is 1. The van der Waals surface area contributed by atoms with Gasteiger partial charge >= 0.3 is 0 Å². The fourth-order valence-corrected chi connectivity index (χ4v) is 2.16. The highest BCUT2D eigenvalue weighted by molar-refractivity contribution is 9.10. The second-order valence-electron chi connectivity index (χ2n) is 4.18. The third kappa shape index (κ3) is 3.48. The summed E-state index contributed by atoms with van der Waals surface area (Å²) >= 11 is 3.29. The maximum absolute atomic E-state index is 13.6. The smallest absolute Gasteiger partial charge is 0.248 e. The molecule has 2 aromatic rings. The van der Waals surface area contributed by atoms with E-state index in [0.717, 1.165) is 4.47 Å². The van der Waals surface area contributed by atoms with E-state index in [1.165, 1.54) is 18.2 Å². The van der Waals surface area contributed by atoms with Crippen LogP contribution in [0.3, 0.4) is 0 Å². The molecule has 4 nitrogen and oxygen atoms in total. The maximum Gasteiger partial charge on any atom is 0.248 e. The van der Waals surface area contributed by atoms with Gasteiger partial charge in [0.25, 0.3) is 0 Å². The van der Waals surface area contributed by atoms with Crippen LogP contribution in [0.4, 0.5) is 10.1 Å². The Bertz CT molecular complexity index is 641. The molecule has 0 saturated carbocycles. The van der Waals surface area contributed by atoms with E-state index < -0.39 is 11.7 Å². The van der Waals surface area contributed by atoms with Crippen molar-refractivity contribution in [3.8, 4) is 5.75 Å². The van der Waals surface area contributed by atoms with Crippen LogP contribution in [0.1, 0.15) is 15.9 Å². The highest BCUT2D eigenvalue weighted by Crippen LogP contribution is 2.24. The van der Waals surface area contributed by atoms with E-state index in [0.29, 0.717) is 11.4 Å². The fraction of sp³-hybridized carbons (Fsp3) is 0.0714. The van der Waals surface area contributed by atoms with Crippen molar-refractivity contribution < 1.29 is 13.9 Å². The molecule has 6 heteroatoms. The Morgan fingerprint density at radius 2 is 2.00 bits per heavy atom. The molecule has 0 radical (unpaired) electrons. The number of anilines is 1. The van der Waals surface area contributed by atoms with Crippen molar-refractivity contribution in [1.29, 1.82) is 0 Å². The van der Waals surface area contributed by atoms with Gasteiger partial charge in [0.15, 0.2) is 0 Å². The lowest BCUT2D eigenvalue weighted by atomic mass is 10.1. The molecule has 4 N–H and O–H groups in total. The molecule has 20 heavy (non-hydrogen) atoms. The lowest BCUT2D eigenvalue weighted by Gasteiger charge is -2.09. The molecule has 0 spiro atoms. The number of hydrogen-bond acceptors (Lipinski definition) is 3. The SMILES string of the molecule is NC(=O)c1ccc(F)c(COc2cc(N)cc(Br)c2)c1. The van der Waals surface area contributed by atoms with Crippen LogP contribution in [0.25, 0.3) is 0 Å². The lowest BCUT2D eigenvalue weighted by molar-refractivity contribution is 0.1000. The van der Waals surface area contributed by atoms with Gasteiger partial charge in [-0.2, -0.15) is 0 Å². The second kappa shape index (κ2) is 5.92. The minimum Gasteiger partial charge on any atom is -0.489 e. The van der Waals surface area contributed by atoms with E-state index in [2.05, 4.69) is 15.9 Å². The average molecular weight is 339 g/mol. The first-order chi connectivity index (χ1) is 9.45. The van der Waals surface area contributed by atoms with Crippen LogP contribution in [-0.2, 0) is 6.61 Å². The Hall–Kier alpha value is -2.08. The normalized spacial score (nSPS) is 10.3. The Labute approximate surface area is 123 Å². The van der Waals surface area contributed by atoms with Crippen molar-refractivity contribution in [2.45, 2.75) is 6.61 Å². The van der Waals surface area contributed by atoms with Crippen molar-refractivity contribution in [1.82, 2.24) is 0 Å². The van der Waals surface area contributed by atoms with Crippen LogP contribution >= 0.6 is 15.9 Å². The highest BCUT2D eigenvalue weighted by atomic mass is 79.9. The number of halogens is 2. The number of nitrogens with two attached hydrogens (primary N) is 2. The van der Waals surface area contributed by atoms with Gasteiger partial charge in [0.1, 0.15) is 18.2 Å². The van der Waals surface area contributed by atoms with Crippen molar-refractivity contribution in [2.75, 3.05) is 5.73 Å². The molecule has 0 aliphatic rings. The van der Waals surface area contributed by atoms with Crippen LogP contribution < -0.4 is 16.2 Å². The molecule has 0 aliphatic heterocycles. The summed E-state index contributed by atoms with van der Waals surface area (Å²) in [6.07, 6.45) is 0. The molecule has 0 atom stereocenters. The fourth-order valence-electron chi connectivity index (χ4n) is 1.67. The monoisotopic (exact) mass is 338 g/mol. The zero-order chi connectivity index (χ0) is 14.7. The van der Waals surface area contributed by atoms with Gasteiger partial charge in [0.05, 0.1) is 0 Å². The highest BCUT2D eigenvalue weighted by Gasteiger charge is 2.08. The van der Waals surface area contributed by atoms with Gasteiger partial charge in [-0.05, 0) is 30.3 Å². The topological polar surface area (TPSA) is 78.3 Å². The Kier molecular flexibility index (Phi) is 4.24.